The maximum Gasteiger partial charge on any atom is 0.255 e. The number of nitrogens with one attached hydrogen (secondary N) is 1. The van der Waals surface area contributed by atoms with E-state index in [4.69, 9.17) is 4.74 Å². The van der Waals surface area contributed by atoms with Crippen molar-refractivity contribution in [1.29, 1.82) is 0 Å². The summed E-state index contributed by atoms with van der Waals surface area (Å²) in [6.07, 6.45) is 0. The number of methoxy groups -OCH3 is 1. The SMILES string of the molecule is C=S(=O)(c1ccc(C)cc1)c1ccccc1NC(=O)c1cccc(OC)c1. The lowest BCUT2D eigenvalue weighted by Crippen LogP contribution is -2.15. The van der Waals surface area contributed by atoms with Crippen molar-refractivity contribution < 1.29 is 13.7 Å². The Bertz CT molecular complexity index is 1070. The van der Waals surface area contributed by atoms with Crippen molar-refractivity contribution in [2.24, 2.45) is 0 Å². The summed E-state index contributed by atoms with van der Waals surface area (Å²) in [6, 6.07) is 21.3. The van der Waals surface area contributed by atoms with E-state index in [0.29, 0.717) is 26.8 Å². The molecule has 1 amide bonds. The molecule has 3 rings (SSSR count). The highest BCUT2D eigenvalue weighted by atomic mass is 32.2. The number of benzene rings is 3. The summed E-state index contributed by atoms with van der Waals surface area (Å²) in [6.45, 7) is 1.97. The molecule has 0 heterocycles. The monoisotopic (exact) mass is 379 g/mol. The van der Waals surface area contributed by atoms with Crippen molar-refractivity contribution in [3.05, 3.63) is 83.9 Å². The van der Waals surface area contributed by atoms with Crippen molar-refractivity contribution in [1.82, 2.24) is 0 Å². The summed E-state index contributed by atoms with van der Waals surface area (Å²) in [5.74, 6) is 4.25. The Morgan fingerprint density at radius 2 is 1.70 bits per heavy atom. The molecular weight excluding hydrogens is 358 g/mol. The van der Waals surface area contributed by atoms with Gasteiger partial charge >= 0.3 is 0 Å². The van der Waals surface area contributed by atoms with Crippen LogP contribution in [0.1, 0.15) is 15.9 Å². The Labute approximate surface area is 159 Å². The molecule has 3 aromatic carbocycles. The molecule has 0 aliphatic carbocycles. The molecule has 0 aliphatic rings. The fraction of sp³-hybridized carbons (Fsp3) is 0.0909. The molecule has 0 bridgehead atoms. The Morgan fingerprint density at radius 3 is 2.41 bits per heavy atom. The summed E-state index contributed by atoms with van der Waals surface area (Å²) < 4.78 is 18.6. The van der Waals surface area contributed by atoms with Crippen LogP contribution in [0.3, 0.4) is 0 Å². The second kappa shape index (κ2) is 7.68. The topological polar surface area (TPSA) is 55.4 Å². The minimum Gasteiger partial charge on any atom is -0.497 e. The van der Waals surface area contributed by atoms with Crippen LogP contribution in [0.4, 0.5) is 5.69 Å². The Hall–Kier alpha value is -3.05. The van der Waals surface area contributed by atoms with Crippen LogP contribution >= 0.6 is 0 Å². The fourth-order valence-electron chi connectivity index (χ4n) is 2.70. The number of rotatable bonds is 5. The standard InChI is InChI=1S/C22H21NO3S/c1-16-11-13-19(14-12-16)27(3,25)21-10-5-4-9-20(21)23-22(24)17-7-6-8-18(15-17)26-2/h4-15H,3H2,1-2H3,(H,23,24). The van der Waals surface area contributed by atoms with Gasteiger partial charge in [0.25, 0.3) is 5.91 Å². The highest BCUT2D eigenvalue weighted by Gasteiger charge is 2.17. The lowest BCUT2D eigenvalue weighted by atomic mass is 10.2. The second-order valence-corrected chi connectivity index (χ2v) is 8.43. The van der Waals surface area contributed by atoms with E-state index in [1.54, 1.807) is 55.6 Å². The number of hydrogen-bond donors (Lipinski definition) is 1. The third-order valence-corrected chi connectivity index (χ3v) is 6.32. The van der Waals surface area contributed by atoms with Gasteiger partial charge in [0, 0.05) is 20.0 Å². The van der Waals surface area contributed by atoms with Gasteiger partial charge in [-0.2, -0.15) is 0 Å². The van der Waals surface area contributed by atoms with E-state index >= 15 is 0 Å². The minimum absolute atomic E-state index is 0.305. The average molecular weight is 379 g/mol. The largest absolute Gasteiger partial charge is 0.497 e. The van der Waals surface area contributed by atoms with Gasteiger partial charge in [-0.05, 0) is 55.3 Å². The van der Waals surface area contributed by atoms with E-state index in [1.807, 2.05) is 31.2 Å². The van der Waals surface area contributed by atoms with Crippen molar-refractivity contribution in [3.8, 4) is 5.75 Å². The maximum atomic E-state index is 13.5. The van der Waals surface area contributed by atoms with Crippen LogP contribution in [0.5, 0.6) is 5.75 Å². The molecule has 1 N–H and O–H groups in total. The first-order valence-electron chi connectivity index (χ1n) is 8.40. The first-order valence-corrected chi connectivity index (χ1v) is 10.1. The van der Waals surface area contributed by atoms with Crippen molar-refractivity contribution in [3.63, 3.8) is 0 Å². The third-order valence-electron chi connectivity index (χ3n) is 4.22. The predicted molar refractivity (Wildman–Crippen MR) is 110 cm³/mol. The molecular formula is C22H21NO3S. The summed E-state index contributed by atoms with van der Waals surface area (Å²) in [4.78, 5) is 13.8. The van der Waals surface area contributed by atoms with Gasteiger partial charge in [0.05, 0.1) is 17.7 Å². The van der Waals surface area contributed by atoms with Gasteiger partial charge in [0.1, 0.15) is 5.75 Å². The molecule has 0 radical (unpaired) electrons. The number of amides is 1. The van der Waals surface area contributed by atoms with E-state index < -0.39 is 9.52 Å². The number of hydrogen-bond acceptors (Lipinski definition) is 3. The number of anilines is 1. The number of carbonyl (C=O) groups excluding carboxylic acids is 1. The zero-order valence-corrected chi connectivity index (χ0v) is 16.1. The quantitative estimate of drug-likeness (QED) is 0.669. The van der Waals surface area contributed by atoms with Crippen LogP contribution in [-0.4, -0.2) is 23.1 Å². The molecule has 5 heteroatoms. The van der Waals surface area contributed by atoms with Crippen LogP contribution in [0.25, 0.3) is 0 Å². The van der Waals surface area contributed by atoms with Gasteiger partial charge in [-0.25, -0.2) is 0 Å². The Kier molecular flexibility index (Phi) is 5.33. The van der Waals surface area contributed by atoms with E-state index in [9.17, 15) is 9.00 Å². The smallest absolute Gasteiger partial charge is 0.255 e. The maximum absolute atomic E-state index is 13.5. The molecule has 0 aromatic heterocycles. The van der Waals surface area contributed by atoms with E-state index in [1.165, 1.54) is 0 Å². The first kappa shape index (κ1) is 18.7. The van der Waals surface area contributed by atoms with Gasteiger partial charge in [0.2, 0.25) is 0 Å². The van der Waals surface area contributed by atoms with Crippen molar-refractivity contribution >= 4 is 27.0 Å². The van der Waals surface area contributed by atoms with Crippen LogP contribution in [0, 0.1) is 6.92 Å². The summed E-state index contributed by atoms with van der Waals surface area (Å²) in [5, 5.41) is 2.85. The molecule has 0 aliphatic heterocycles. The summed E-state index contributed by atoms with van der Waals surface area (Å²) >= 11 is 0. The molecule has 138 valence electrons. The van der Waals surface area contributed by atoms with E-state index in [-0.39, 0.29) is 5.91 Å². The van der Waals surface area contributed by atoms with Crippen LogP contribution in [0.2, 0.25) is 0 Å². The molecule has 0 saturated heterocycles. The minimum atomic E-state index is -2.77. The Balaban J connectivity index is 1.96. The molecule has 1 atom stereocenters. The van der Waals surface area contributed by atoms with Gasteiger partial charge in [-0.15, -0.1) is 0 Å². The van der Waals surface area contributed by atoms with Crippen LogP contribution in [-0.2, 0) is 9.52 Å². The molecule has 3 aromatic rings. The van der Waals surface area contributed by atoms with Crippen molar-refractivity contribution in [2.45, 2.75) is 16.7 Å². The molecule has 4 nitrogen and oxygen atoms in total. The van der Waals surface area contributed by atoms with E-state index in [0.717, 1.165) is 5.56 Å². The summed E-state index contributed by atoms with van der Waals surface area (Å²) in [5.41, 5.74) is 2.01. The predicted octanol–water partition coefficient (Wildman–Crippen LogP) is 4.39. The molecule has 1 unspecified atom stereocenters. The summed E-state index contributed by atoms with van der Waals surface area (Å²) in [7, 11) is -1.22. The second-order valence-electron chi connectivity index (χ2n) is 6.17. The third kappa shape index (κ3) is 4.04. The number of aryl methyl sites for hydroxylation is 1. The van der Waals surface area contributed by atoms with Crippen molar-refractivity contribution in [2.75, 3.05) is 12.4 Å². The Morgan fingerprint density at radius 1 is 1.00 bits per heavy atom. The van der Waals surface area contributed by atoms with Crippen LogP contribution < -0.4 is 10.1 Å². The van der Waals surface area contributed by atoms with Gasteiger partial charge < -0.3 is 10.1 Å². The van der Waals surface area contributed by atoms with Gasteiger partial charge in [-0.1, -0.05) is 35.9 Å². The van der Waals surface area contributed by atoms with Gasteiger partial charge in [-0.3, -0.25) is 9.00 Å². The number of carbonyl (C=O) groups is 1. The molecule has 27 heavy (non-hydrogen) atoms. The van der Waals surface area contributed by atoms with E-state index in [2.05, 4.69) is 11.2 Å². The fourth-order valence-corrected chi connectivity index (χ4v) is 4.30. The zero-order chi connectivity index (χ0) is 19.4. The highest BCUT2D eigenvalue weighted by Crippen LogP contribution is 2.28. The number of ether oxygens (including phenoxy) is 1. The first-order chi connectivity index (χ1) is 12.9. The molecule has 0 fully saturated rings. The lowest BCUT2D eigenvalue weighted by Gasteiger charge is -2.16. The zero-order valence-electron chi connectivity index (χ0n) is 15.3. The molecule has 0 saturated carbocycles. The van der Waals surface area contributed by atoms with Crippen LogP contribution in [0.15, 0.2) is 82.6 Å². The normalized spacial score (nSPS) is 12.8. The van der Waals surface area contributed by atoms with Gasteiger partial charge in [0.15, 0.2) is 0 Å². The lowest BCUT2D eigenvalue weighted by molar-refractivity contribution is 0.102. The molecule has 0 spiro atoms. The average Bonchev–Trinajstić information content (AvgIpc) is 2.68. The highest BCUT2D eigenvalue weighted by molar-refractivity contribution is 8.00. The number of para-hydroxylation sites is 1.